The highest BCUT2D eigenvalue weighted by atomic mass is 35.5. The van der Waals surface area contributed by atoms with E-state index in [9.17, 15) is 0 Å². The van der Waals surface area contributed by atoms with Crippen LogP contribution >= 0.6 is 22.9 Å². The van der Waals surface area contributed by atoms with Crippen LogP contribution in [0.2, 0.25) is 4.34 Å². The zero-order valence-corrected chi connectivity index (χ0v) is 10.6. The molecule has 0 bridgehead atoms. The zero-order chi connectivity index (χ0) is 11.5. The zero-order valence-electron chi connectivity index (χ0n) is 8.98. The summed E-state index contributed by atoms with van der Waals surface area (Å²) in [6.07, 6.45) is 4.45. The highest BCUT2D eigenvalue weighted by Gasteiger charge is 2.10. The number of aryl methyl sites for hydroxylation is 1. The Morgan fingerprint density at radius 3 is 2.88 bits per heavy atom. The number of nitrogens with two attached hydrogens (primary N) is 1. The van der Waals surface area contributed by atoms with Crippen molar-refractivity contribution in [2.24, 2.45) is 5.73 Å². The van der Waals surface area contributed by atoms with E-state index in [0.717, 1.165) is 21.9 Å². The molecule has 1 unspecified atom stereocenters. The SMILES string of the molecule is Cc1cnccc1C(N)Cc1ccc(Cl)s1. The van der Waals surface area contributed by atoms with Gasteiger partial charge >= 0.3 is 0 Å². The van der Waals surface area contributed by atoms with Crippen molar-refractivity contribution < 1.29 is 0 Å². The summed E-state index contributed by atoms with van der Waals surface area (Å²) in [6.45, 7) is 2.03. The summed E-state index contributed by atoms with van der Waals surface area (Å²) in [7, 11) is 0. The molecule has 16 heavy (non-hydrogen) atoms. The number of thiophene rings is 1. The highest BCUT2D eigenvalue weighted by molar-refractivity contribution is 7.16. The first-order valence-corrected chi connectivity index (χ1v) is 6.26. The van der Waals surface area contributed by atoms with Crippen molar-refractivity contribution in [3.63, 3.8) is 0 Å². The van der Waals surface area contributed by atoms with E-state index in [4.69, 9.17) is 17.3 Å². The molecule has 0 aliphatic carbocycles. The van der Waals surface area contributed by atoms with E-state index < -0.39 is 0 Å². The Morgan fingerprint density at radius 1 is 1.44 bits per heavy atom. The fraction of sp³-hybridized carbons (Fsp3) is 0.250. The van der Waals surface area contributed by atoms with Gasteiger partial charge in [-0.1, -0.05) is 11.6 Å². The van der Waals surface area contributed by atoms with Crippen LogP contribution in [-0.2, 0) is 6.42 Å². The molecule has 1 atom stereocenters. The van der Waals surface area contributed by atoms with E-state index >= 15 is 0 Å². The smallest absolute Gasteiger partial charge is 0.0931 e. The Hall–Kier alpha value is -0.900. The molecule has 0 spiro atoms. The molecule has 84 valence electrons. The minimum atomic E-state index is 0.0118. The Balaban J connectivity index is 2.14. The minimum absolute atomic E-state index is 0.0118. The van der Waals surface area contributed by atoms with Crippen LogP contribution in [0, 0.1) is 6.92 Å². The van der Waals surface area contributed by atoms with E-state index in [2.05, 4.69) is 4.98 Å². The second-order valence-corrected chi connectivity index (χ2v) is 5.55. The Bertz CT molecular complexity index is 481. The minimum Gasteiger partial charge on any atom is -0.324 e. The second-order valence-electron chi connectivity index (χ2n) is 3.75. The van der Waals surface area contributed by atoms with Crippen LogP contribution < -0.4 is 5.73 Å². The summed E-state index contributed by atoms with van der Waals surface area (Å²) in [5.74, 6) is 0. The Labute approximate surface area is 104 Å². The lowest BCUT2D eigenvalue weighted by atomic mass is 10.0. The maximum atomic E-state index is 6.17. The molecule has 2 heterocycles. The van der Waals surface area contributed by atoms with Crippen LogP contribution in [0.5, 0.6) is 0 Å². The molecule has 2 aromatic rings. The van der Waals surface area contributed by atoms with E-state index in [-0.39, 0.29) is 6.04 Å². The molecule has 2 aromatic heterocycles. The summed E-state index contributed by atoms with van der Waals surface area (Å²) < 4.78 is 0.814. The molecule has 2 N–H and O–H groups in total. The third-order valence-electron chi connectivity index (χ3n) is 2.51. The Morgan fingerprint density at radius 2 is 2.25 bits per heavy atom. The van der Waals surface area contributed by atoms with Crippen LogP contribution in [0.25, 0.3) is 0 Å². The van der Waals surface area contributed by atoms with E-state index in [1.165, 1.54) is 4.88 Å². The third-order valence-corrected chi connectivity index (χ3v) is 3.77. The number of rotatable bonds is 3. The van der Waals surface area contributed by atoms with Crippen molar-refractivity contribution in [3.05, 3.63) is 50.9 Å². The number of aromatic nitrogens is 1. The summed E-state index contributed by atoms with van der Waals surface area (Å²) in [4.78, 5) is 5.28. The largest absolute Gasteiger partial charge is 0.324 e. The first-order valence-electron chi connectivity index (χ1n) is 5.07. The monoisotopic (exact) mass is 252 g/mol. The molecule has 0 saturated carbocycles. The number of halogens is 1. The first kappa shape index (κ1) is 11.6. The van der Waals surface area contributed by atoms with Gasteiger partial charge in [0.05, 0.1) is 4.34 Å². The predicted octanol–water partition coefficient (Wildman–Crippen LogP) is 3.35. The van der Waals surface area contributed by atoms with Crippen molar-refractivity contribution >= 4 is 22.9 Å². The molecule has 0 aliphatic heterocycles. The third kappa shape index (κ3) is 2.61. The molecule has 0 fully saturated rings. The number of hydrogen-bond donors (Lipinski definition) is 1. The maximum Gasteiger partial charge on any atom is 0.0931 e. The van der Waals surface area contributed by atoms with Gasteiger partial charge in [0, 0.05) is 29.7 Å². The molecule has 0 amide bonds. The predicted molar refractivity (Wildman–Crippen MR) is 68.9 cm³/mol. The second kappa shape index (κ2) is 4.95. The lowest BCUT2D eigenvalue weighted by molar-refractivity contribution is 0.722. The summed E-state index contributed by atoms with van der Waals surface area (Å²) in [6, 6.07) is 5.93. The molecule has 0 aliphatic rings. The fourth-order valence-corrected chi connectivity index (χ4v) is 2.83. The average Bonchev–Trinajstić information content (AvgIpc) is 2.64. The molecule has 4 heteroatoms. The lowest BCUT2D eigenvalue weighted by Gasteiger charge is -2.12. The number of hydrogen-bond acceptors (Lipinski definition) is 3. The van der Waals surface area contributed by atoms with Gasteiger partial charge in [-0.05, 0) is 36.2 Å². The molecule has 2 nitrogen and oxygen atoms in total. The van der Waals surface area contributed by atoms with Gasteiger partial charge in [0.15, 0.2) is 0 Å². The van der Waals surface area contributed by atoms with Gasteiger partial charge in [0.25, 0.3) is 0 Å². The molecule has 2 rings (SSSR count). The molecule has 0 radical (unpaired) electrons. The molecular weight excluding hydrogens is 240 g/mol. The highest BCUT2D eigenvalue weighted by Crippen LogP contribution is 2.26. The van der Waals surface area contributed by atoms with Crippen LogP contribution in [0.15, 0.2) is 30.6 Å². The topological polar surface area (TPSA) is 38.9 Å². The van der Waals surface area contributed by atoms with Crippen molar-refractivity contribution in [3.8, 4) is 0 Å². The average molecular weight is 253 g/mol. The van der Waals surface area contributed by atoms with E-state index in [1.807, 2.05) is 31.3 Å². The molecule has 0 aromatic carbocycles. The lowest BCUT2D eigenvalue weighted by Crippen LogP contribution is -2.14. The van der Waals surface area contributed by atoms with Crippen molar-refractivity contribution in [2.45, 2.75) is 19.4 Å². The van der Waals surface area contributed by atoms with Gasteiger partial charge in [0.1, 0.15) is 0 Å². The first-order chi connectivity index (χ1) is 7.66. The van der Waals surface area contributed by atoms with Gasteiger partial charge in [0.2, 0.25) is 0 Å². The van der Waals surface area contributed by atoms with Crippen LogP contribution in [0.3, 0.4) is 0 Å². The van der Waals surface area contributed by atoms with E-state index in [0.29, 0.717) is 0 Å². The number of pyridine rings is 1. The van der Waals surface area contributed by atoms with Crippen LogP contribution in [-0.4, -0.2) is 4.98 Å². The Kier molecular flexibility index (Phi) is 3.59. The van der Waals surface area contributed by atoms with Crippen LogP contribution in [0.4, 0.5) is 0 Å². The van der Waals surface area contributed by atoms with Gasteiger partial charge in [-0.25, -0.2) is 0 Å². The van der Waals surface area contributed by atoms with E-state index in [1.54, 1.807) is 17.5 Å². The summed E-state index contributed by atoms with van der Waals surface area (Å²) >= 11 is 7.48. The van der Waals surface area contributed by atoms with Gasteiger partial charge < -0.3 is 5.73 Å². The molecule has 0 saturated heterocycles. The standard InChI is InChI=1S/C12H13ClN2S/c1-8-7-15-5-4-10(8)11(14)6-9-2-3-12(13)16-9/h2-5,7,11H,6,14H2,1H3. The summed E-state index contributed by atoms with van der Waals surface area (Å²) in [5, 5.41) is 0. The van der Waals surface area contributed by atoms with Gasteiger partial charge in [-0.15, -0.1) is 11.3 Å². The quantitative estimate of drug-likeness (QED) is 0.910. The fourth-order valence-electron chi connectivity index (χ4n) is 1.69. The molecular formula is C12H13ClN2S. The number of nitrogens with zero attached hydrogens (tertiary/aromatic N) is 1. The summed E-state index contributed by atoms with van der Waals surface area (Å²) in [5.41, 5.74) is 8.46. The normalized spacial score (nSPS) is 12.7. The van der Waals surface area contributed by atoms with Crippen LogP contribution in [0.1, 0.15) is 22.0 Å². The van der Waals surface area contributed by atoms with Crippen molar-refractivity contribution in [1.82, 2.24) is 4.98 Å². The van der Waals surface area contributed by atoms with Crippen molar-refractivity contribution in [2.75, 3.05) is 0 Å². The van der Waals surface area contributed by atoms with Gasteiger partial charge in [-0.2, -0.15) is 0 Å². The maximum absolute atomic E-state index is 6.17. The van der Waals surface area contributed by atoms with Crippen molar-refractivity contribution in [1.29, 1.82) is 0 Å². The van der Waals surface area contributed by atoms with Gasteiger partial charge in [-0.3, -0.25) is 4.98 Å².